The Morgan fingerprint density at radius 2 is 2.12 bits per heavy atom. The van der Waals surface area contributed by atoms with Crippen LogP contribution in [-0.4, -0.2) is 35.8 Å². The first kappa shape index (κ1) is 12.7. The van der Waals surface area contributed by atoms with E-state index in [9.17, 15) is 0 Å². The van der Waals surface area contributed by atoms with E-state index in [1.807, 2.05) is 6.07 Å². The minimum absolute atomic E-state index is 0.00183. The molecule has 5 nitrogen and oxygen atoms in total. The van der Waals surface area contributed by atoms with Crippen LogP contribution in [0.25, 0.3) is 0 Å². The number of hydrogen-bond acceptors (Lipinski definition) is 5. The summed E-state index contributed by atoms with van der Waals surface area (Å²) in [7, 11) is 1.67. The van der Waals surface area contributed by atoms with E-state index >= 15 is 0 Å². The van der Waals surface area contributed by atoms with Crippen molar-refractivity contribution in [2.24, 2.45) is 0 Å². The smallest absolute Gasteiger partial charge is 0.224 e. The molecule has 0 aliphatic heterocycles. The highest BCUT2D eigenvalue weighted by Crippen LogP contribution is 2.12. The number of ether oxygens (including phenoxy) is 1. The lowest BCUT2D eigenvalue weighted by Crippen LogP contribution is -2.26. The fourth-order valence-corrected chi connectivity index (χ4v) is 1.16. The zero-order chi connectivity index (χ0) is 12.0. The average Bonchev–Trinajstić information content (AvgIpc) is 2.16. The summed E-state index contributed by atoms with van der Waals surface area (Å²) >= 11 is 0. The molecule has 0 atom stereocenters. The molecule has 0 amide bonds. The van der Waals surface area contributed by atoms with Crippen molar-refractivity contribution in [2.75, 3.05) is 30.9 Å². The van der Waals surface area contributed by atoms with E-state index in [4.69, 9.17) is 4.74 Å². The summed E-state index contributed by atoms with van der Waals surface area (Å²) in [5.41, 5.74) is -0.00183. The molecule has 0 saturated carbocycles. The minimum Gasteiger partial charge on any atom is -0.383 e. The van der Waals surface area contributed by atoms with Gasteiger partial charge in [-0.15, -0.1) is 0 Å². The van der Waals surface area contributed by atoms with Crippen LogP contribution in [0.15, 0.2) is 12.3 Å². The molecule has 5 heteroatoms. The van der Waals surface area contributed by atoms with Gasteiger partial charge in [-0.2, -0.15) is 4.98 Å². The van der Waals surface area contributed by atoms with Gasteiger partial charge in [0.1, 0.15) is 5.82 Å². The fourth-order valence-electron chi connectivity index (χ4n) is 1.16. The molecule has 90 valence electrons. The van der Waals surface area contributed by atoms with Crippen LogP contribution in [0.1, 0.15) is 20.8 Å². The zero-order valence-electron chi connectivity index (χ0n) is 10.4. The first-order valence-electron chi connectivity index (χ1n) is 5.35. The Labute approximate surface area is 96.6 Å². The Hall–Kier alpha value is -1.36. The molecule has 0 aliphatic carbocycles. The van der Waals surface area contributed by atoms with Crippen LogP contribution in [0.2, 0.25) is 0 Å². The van der Waals surface area contributed by atoms with Crippen molar-refractivity contribution in [3.05, 3.63) is 12.3 Å². The summed E-state index contributed by atoms with van der Waals surface area (Å²) in [6, 6.07) is 1.85. The molecule has 16 heavy (non-hydrogen) atoms. The van der Waals surface area contributed by atoms with Crippen molar-refractivity contribution >= 4 is 11.8 Å². The molecular weight excluding hydrogens is 204 g/mol. The third-order valence-corrected chi connectivity index (χ3v) is 1.75. The molecule has 0 unspecified atom stereocenters. The highest BCUT2D eigenvalue weighted by Gasteiger charge is 2.10. The Morgan fingerprint density at radius 1 is 1.38 bits per heavy atom. The number of aromatic nitrogens is 2. The Morgan fingerprint density at radius 3 is 2.75 bits per heavy atom. The third kappa shape index (κ3) is 4.93. The van der Waals surface area contributed by atoms with Crippen molar-refractivity contribution in [1.82, 2.24) is 9.97 Å². The van der Waals surface area contributed by atoms with Crippen LogP contribution in [0.5, 0.6) is 0 Å². The van der Waals surface area contributed by atoms with Crippen LogP contribution in [0.3, 0.4) is 0 Å². The van der Waals surface area contributed by atoms with Gasteiger partial charge in [-0.1, -0.05) is 0 Å². The molecule has 1 rings (SSSR count). The number of methoxy groups -OCH3 is 1. The summed E-state index contributed by atoms with van der Waals surface area (Å²) in [6.07, 6.45) is 1.73. The fraction of sp³-hybridized carbons (Fsp3) is 0.636. The predicted molar refractivity (Wildman–Crippen MR) is 65.8 cm³/mol. The van der Waals surface area contributed by atoms with E-state index in [-0.39, 0.29) is 5.54 Å². The normalized spacial score (nSPS) is 11.2. The van der Waals surface area contributed by atoms with Gasteiger partial charge in [0.2, 0.25) is 5.95 Å². The zero-order valence-corrected chi connectivity index (χ0v) is 10.4. The van der Waals surface area contributed by atoms with Crippen LogP contribution < -0.4 is 10.6 Å². The van der Waals surface area contributed by atoms with E-state index < -0.39 is 0 Å². The topological polar surface area (TPSA) is 59.1 Å². The first-order chi connectivity index (χ1) is 7.51. The maximum absolute atomic E-state index is 4.94. The maximum atomic E-state index is 4.94. The molecule has 0 aliphatic rings. The van der Waals surface area contributed by atoms with Crippen molar-refractivity contribution in [2.45, 2.75) is 26.3 Å². The van der Waals surface area contributed by atoms with Crippen LogP contribution >= 0.6 is 0 Å². The molecule has 0 fully saturated rings. The van der Waals surface area contributed by atoms with E-state index in [0.717, 1.165) is 5.82 Å². The molecule has 1 aromatic heterocycles. The second kappa shape index (κ2) is 5.65. The number of rotatable bonds is 5. The van der Waals surface area contributed by atoms with E-state index in [1.54, 1.807) is 13.3 Å². The summed E-state index contributed by atoms with van der Waals surface area (Å²) in [5, 5.41) is 6.37. The van der Waals surface area contributed by atoms with Crippen molar-refractivity contribution in [3.63, 3.8) is 0 Å². The summed E-state index contributed by atoms with van der Waals surface area (Å²) in [4.78, 5) is 8.46. The maximum Gasteiger partial charge on any atom is 0.224 e. The molecule has 0 bridgehead atoms. The van der Waals surface area contributed by atoms with Gasteiger partial charge in [-0.3, -0.25) is 0 Å². The van der Waals surface area contributed by atoms with Gasteiger partial charge in [0.25, 0.3) is 0 Å². The standard InChI is InChI=1S/C11H20N4O/c1-11(2,3)15-9-5-6-12-10(14-9)13-7-8-16-4/h5-6H,7-8H2,1-4H3,(H2,12,13,14,15). The van der Waals surface area contributed by atoms with Crippen LogP contribution in [-0.2, 0) is 4.74 Å². The second-order valence-electron chi connectivity index (χ2n) is 4.56. The lowest BCUT2D eigenvalue weighted by molar-refractivity contribution is 0.210. The Balaban J connectivity index is 2.57. The Kier molecular flexibility index (Phi) is 4.49. The number of nitrogens with one attached hydrogen (secondary N) is 2. The van der Waals surface area contributed by atoms with Crippen LogP contribution in [0, 0.1) is 0 Å². The first-order valence-corrected chi connectivity index (χ1v) is 5.35. The number of hydrogen-bond donors (Lipinski definition) is 2. The molecule has 1 heterocycles. The SMILES string of the molecule is COCCNc1nccc(NC(C)(C)C)n1. The van der Waals surface area contributed by atoms with E-state index in [0.29, 0.717) is 19.1 Å². The molecule has 0 saturated heterocycles. The highest BCUT2D eigenvalue weighted by molar-refractivity contribution is 5.41. The van der Waals surface area contributed by atoms with Gasteiger partial charge in [-0.25, -0.2) is 4.98 Å². The van der Waals surface area contributed by atoms with Crippen LogP contribution in [0.4, 0.5) is 11.8 Å². The molecule has 0 radical (unpaired) electrons. The third-order valence-electron chi connectivity index (χ3n) is 1.75. The number of nitrogens with zero attached hydrogens (tertiary/aromatic N) is 2. The highest BCUT2D eigenvalue weighted by atomic mass is 16.5. The van der Waals surface area contributed by atoms with Gasteiger partial charge < -0.3 is 15.4 Å². The van der Waals surface area contributed by atoms with Gasteiger partial charge in [0.15, 0.2) is 0 Å². The molecular formula is C11H20N4O. The number of anilines is 2. The lowest BCUT2D eigenvalue weighted by Gasteiger charge is -2.21. The molecule has 0 spiro atoms. The van der Waals surface area contributed by atoms with Crippen molar-refractivity contribution in [3.8, 4) is 0 Å². The van der Waals surface area contributed by atoms with Crippen molar-refractivity contribution < 1.29 is 4.74 Å². The largest absolute Gasteiger partial charge is 0.383 e. The average molecular weight is 224 g/mol. The minimum atomic E-state index is -0.00183. The van der Waals surface area contributed by atoms with Gasteiger partial charge in [-0.05, 0) is 26.8 Å². The monoisotopic (exact) mass is 224 g/mol. The Bertz CT molecular complexity index is 322. The van der Waals surface area contributed by atoms with Gasteiger partial charge in [0.05, 0.1) is 6.61 Å². The molecule has 2 N–H and O–H groups in total. The summed E-state index contributed by atoms with van der Waals surface area (Å²) in [6.45, 7) is 7.61. The lowest BCUT2D eigenvalue weighted by atomic mass is 10.1. The molecule has 1 aromatic rings. The van der Waals surface area contributed by atoms with Crippen molar-refractivity contribution in [1.29, 1.82) is 0 Å². The second-order valence-corrected chi connectivity index (χ2v) is 4.56. The van der Waals surface area contributed by atoms with E-state index in [2.05, 4.69) is 41.4 Å². The van der Waals surface area contributed by atoms with Gasteiger partial charge >= 0.3 is 0 Å². The van der Waals surface area contributed by atoms with E-state index in [1.165, 1.54) is 0 Å². The predicted octanol–water partition coefficient (Wildman–Crippen LogP) is 1.75. The quantitative estimate of drug-likeness (QED) is 0.746. The summed E-state index contributed by atoms with van der Waals surface area (Å²) in [5.74, 6) is 1.44. The van der Waals surface area contributed by atoms with Gasteiger partial charge in [0, 0.05) is 25.4 Å². The molecule has 0 aromatic carbocycles. The summed E-state index contributed by atoms with van der Waals surface area (Å²) < 4.78 is 4.94.